The maximum atomic E-state index is 13.2. The molecule has 4 N–H and O–H groups in total. The third-order valence-corrected chi connectivity index (χ3v) is 6.44. The Balaban J connectivity index is 1.55. The number of aliphatic carboxylic acids is 1. The SMILES string of the molecule is CC1CO[C@@]2(CC1OC(=O)c1ccc(O)cc1)OC1CC(C(=O)O)CC(O)[C@]1(O)C2=O. The maximum Gasteiger partial charge on any atom is 0.338 e. The molecule has 2 heterocycles. The van der Waals surface area contributed by atoms with E-state index in [0.29, 0.717) is 0 Å². The van der Waals surface area contributed by atoms with Gasteiger partial charge in [0, 0.05) is 12.3 Å². The van der Waals surface area contributed by atoms with Crippen LogP contribution in [0.2, 0.25) is 0 Å². The fourth-order valence-corrected chi connectivity index (χ4v) is 4.52. The molecule has 31 heavy (non-hydrogen) atoms. The zero-order valence-electron chi connectivity index (χ0n) is 16.8. The van der Waals surface area contributed by atoms with Crippen LogP contribution in [0.25, 0.3) is 0 Å². The van der Waals surface area contributed by atoms with Gasteiger partial charge in [-0.25, -0.2) is 4.79 Å². The topological polar surface area (TPSA) is 160 Å². The third-order valence-electron chi connectivity index (χ3n) is 6.44. The Hall–Kier alpha value is -2.53. The van der Waals surface area contributed by atoms with E-state index in [1.165, 1.54) is 24.3 Å². The standard InChI is InChI=1S/C21H24O10/c1-10-9-29-20(8-14(10)30-18(26)11-2-4-13(22)5-3-11)19(27)21(28)15(23)6-12(17(24)25)7-16(21)31-20/h2-5,10,12,14-16,22-23,28H,6-9H2,1H3,(H,24,25)/t10?,12?,14?,15?,16?,20-,21+/m0/s1. The van der Waals surface area contributed by atoms with E-state index in [-0.39, 0.29) is 43.1 Å². The number of hydrogen-bond acceptors (Lipinski definition) is 9. The molecule has 2 saturated heterocycles. The van der Waals surface area contributed by atoms with Gasteiger partial charge in [-0.15, -0.1) is 0 Å². The quantitative estimate of drug-likeness (QED) is 0.483. The van der Waals surface area contributed by atoms with Crippen molar-refractivity contribution in [1.82, 2.24) is 0 Å². The van der Waals surface area contributed by atoms with E-state index in [4.69, 9.17) is 14.2 Å². The van der Waals surface area contributed by atoms with Gasteiger partial charge >= 0.3 is 11.9 Å². The number of benzene rings is 1. The summed E-state index contributed by atoms with van der Waals surface area (Å²) in [4.78, 5) is 37.1. The van der Waals surface area contributed by atoms with Crippen LogP contribution in [-0.4, -0.2) is 74.5 Å². The van der Waals surface area contributed by atoms with Gasteiger partial charge in [-0.05, 0) is 37.1 Å². The van der Waals surface area contributed by atoms with Crippen molar-refractivity contribution < 1.29 is 49.0 Å². The molecule has 7 atom stereocenters. The number of Topliss-reactive ketones (excluding diaryl/α,β-unsaturated/α-hetero) is 1. The summed E-state index contributed by atoms with van der Waals surface area (Å²) in [6.45, 7) is 1.75. The lowest BCUT2D eigenvalue weighted by atomic mass is 9.72. The van der Waals surface area contributed by atoms with Crippen LogP contribution >= 0.6 is 0 Å². The Morgan fingerprint density at radius 2 is 1.87 bits per heavy atom. The Bertz CT molecular complexity index is 898. The number of aliphatic hydroxyl groups excluding tert-OH is 1. The number of phenols is 1. The number of carboxylic acids is 1. The number of carbonyl (C=O) groups excluding carboxylic acids is 2. The van der Waals surface area contributed by atoms with Crippen molar-refractivity contribution in [2.24, 2.45) is 11.8 Å². The number of esters is 1. The zero-order valence-corrected chi connectivity index (χ0v) is 16.8. The minimum atomic E-state index is -2.29. The molecule has 1 spiro atoms. The molecule has 2 aliphatic heterocycles. The fraction of sp³-hybridized carbons (Fsp3) is 0.571. The molecule has 1 aliphatic carbocycles. The molecule has 1 saturated carbocycles. The molecule has 0 radical (unpaired) electrons. The summed E-state index contributed by atoms with van der Waals surface area (Å²) in [6.07, 6.45) is -4.33. The minimum Gasteiger partial charge on any atom is -0.508 e. The van der Waals surface area contributed by atoms with E-state index in [1.807, 2.05) is 0 Å². The normalized spacial score (nSPS) is 39.8. The van der Waals surface area contributed by atoms with Crippen molar-refractivity contribution in [3.8, 4) is 5.75 Å². The van der Waals surface area contributed by atoms with Crippen LogP contribution in [0.4, 0.5) is 0 Å². The summed E-state index contributed by atoms with van der Waals surface area (Å²) >= 11 is 0. The average Bonchev–Trinajstić information content (AvgIpc) is 2.94. The number of ether oxygens (including phenoxy) is 3. The average molecular weight is 436 g/mol. The van der Waals surface area contributed by atoms with Crippen LogP contribution in [-0.2, 0) is 23.8 Å². The number of rotatable bonds is 3. The lowest BCUT2D eigenvalue weighted by Crippen LogP contribution is -2.61. The van der Waals surface area contributed by atoms with Crippen molar-refractivity contribution in [2.75, 3.05) is 6.61 Å². The van der Waals surface area contributed by atoms with E-state index in [9.17, 15) is 34.8 Å². The second-order valence-electron chi connectivity index (χ2n) is 8.52. The van der Waals surface area contributed by atoms with Crippen LogP contribution in [0, 0.1) is 11.8 Å². The lowest BCUT2D eigenvalue weighted by molar-refractivity contribution is -0.266. The Kier molecular flexibility index (Phi) is 5.29. The summed E-state index contributed by atoms with van der Waals surface area (Å²) in [6, 6.07) is 5.48. The summed E-state index contributed by atoms with van der Waals surface area (Å²) in [7, 11) is 0. The molecule has 0 amide bonds. The first kappa shape index (κ1) is 21.7. The number of carbonyl (C=O) groups is 3. The van der Waals surface area contributed by atoms with E-state index < -0.39 is 53.3 Å². The molecule has 1 aromatic rings. The molecule has 0 bridgehead atoms. The highest BCUT2D eigenvalue weighted by molar-refractivity contribution is 5.97. The molecule has 1 aromatic carbocycles. The van der Waals surface area contributed by atoms with Crippen molar-refractivity contribution in [3.63, 3.8) is 0 Å². The Morgan fingerprint density at radius 1 is 1.19 bits per heavy atom. The van der Waals surface area contributed by atoms with E-state index in [1.54, 1.807) is 6.92 Å². The number of phenolic OH excluding ortho intramolecular Hbond substituents is 1. The van der Waals surface area contributed by atoms with Gasteiger partial charge in [0.05, 0.1) is 24.2 Å². The van der Waals surface area contributed by atoms with Gasteiger partial charge in [0.1, 0.15) is 18.0 Å². The van der Waals surface area contributed by atoms with Crippen LogP contribution in [0.3, 0.4) is 0 Å². The predicted octanol–water partition coefficient (Wildman–Crippen LogP) is 0.225. The van der Waals surface area contributed by atoms with E-state index >= 15 is 0 Å². The van der Waals surface area contributed by atoms with Crippen molar-refractivity contribution >= 4 is 17.7 Å². The highest BCUT2D eigenvalue weighted by Crippen LogP contribution is 2.49. The van der Waals surface area contributed by atoms with Crippen molar-refractivity contribution in [2.45, 2.75) is 55.9 Å². The van der Waals surface area contributed by atoms with Gasteiger partial charge in [0.2, 0.25) is 11.6 Å². The summed E-state index contributed by atoms with van der Waals surface area (Å²) in [5.74, 6) is -5.93. The van der Waals surface area contributed by atoms with Crippen LogP contribution in [0.5, 0.6) is 5.75 Å². The number of aromatic hydroxyl groups is 1. The van der Waals surface area contributed by atoms with Gasteiger partial charge in [0.25, 0.3) is 0 Å². The zero-order chi connectivity index (χ0) is 22.6. The second-order valence-corrected chi connectivity index (χ2v) is 8.52. The van der Waals surface area contributed by atoms with E-state index in [2.05, 4.69) is 0 Å². The number of carboxylic acid groups (broad SMARTS) is 1. The molecule has 3 fully saturated rings. The van der Waals surface area contributed by atoms with Gasteiger partial charge < -0.3 is 34.6 Å². The first-order valence-corrected chi connectivity index (χ1v) is 10.1. The van der Waals surface area contributed by atoms with Crippen molar-refractivity contribution in [3.05, 3.63) is 29.8 Å². The van der Waals surface area contributed by atoms with Crippen LogP contribution in [0.1, 0.15) is 36.5 Å². The number of fused-ring (bicyclic) bond motifs is 1. The summed E-state index contributed by atoms with van der Waals surface area (Å²) < 4.78 is 17.0. The smallest absolute Gasteiger partial charge is 0.338 e. The largest absolute Gasteiger partial charge is 0.508 e. The number of hydrogen-bond donors (Lipinski definition) is 4. The highest BCUT2D eigenvalue weighted by Gasteiger charge is 2.70. The molecule has 4 rings (SSSR count). The lowest BCUT2D eigenvalue weighted by Gasteiger charge is -2.39. The number of aliphatic hydroxyl groups is 2. The molecule has 10 heteroatoms. The monoisotopic (exact) mass is 436 g/mol. The fourth-order valence-electron chi connectivity index (χ4n) is 4.52. The van der Waals surface area contributed by atoms with E-state index in [0.717, 1.165) is 0 Å². The third kappa shape index (κ3) is 3.49. The molecular weight excluding hydrogens is 412 g/mol. The van der Waals surface area contributed by atoms with Gasteiger partial charge in [0.15, 0.2) is 5.60 Å². The summed E-state index contributed by atoms with van der Waals surface area (Å²) in [5, 5.41) is 40.0. The molecular formula is C21H24O10. The maximum absolute atomic E-state index is 13.2. The second kappa shape index (κ2) is 7.56. The summed E-state index contributed by atoms with van der Waals surface area (Å²) in [5.41, 5.74) is -2.09. The van der Waals surface area contributed by atoms with Crippen LogP contribution in [0.15, 0.2) is 24.3 Å². The highest BCUT2D eigenvalue weighted by atomic mass is 16.7. The number of ketones is 1. The molecule has 168 valence electrons. The van der Waals surface area contributed by atoms with Gasteiger partial charge in [-0.2, -0.15) is 0 Å². The van der Waals surface area contributed by atoms with Crippen molar-refractivity contribution in [1.29, 1.82) is 0 Å². The first-order chi connectivity index (χ1) is 14.6. The first-order valence-electron chi connectivity index (χ1n) is 10.1. The molecule has 10 nitrogen and oxygen atoms in total. The minimum absolute atomic E-state index is 0.00559. The Labute approximate surface area is 177 Å². The van der Waals surface area contributed by atoms with Gasteiger partial charge in [-0.3, -0.25) is 9.59 Å². The molecule has 0 aromatic heterocycles. The van der Waals surface area contributed by atoms with Gasteiger partial charge in [-0.1, -0.05) is 6.92 Å². The Morgan fingerprint density at radius 3 is 2.52 bits per heavy atom. The molecule has 5 unspecified atom stereocenters. The molecule has 3 aliphatic rings. The predicted molar refractivity (Wildman–Crippen MR) is 101 cm³/mol. The van der Waals surface area contributed by atoms with Crippen LogP contribution < -0.4 is 0 Å².